The standard InChI is InChI=1S/C28H35NO4/c1-19(25-3-2-4-26-27(25)33-16-15-32-26)17-20-5-6-23(18-20)21-7-9-22(10-8-21)28(31)29-13-11-24(30)12-14-29/h2-4,7-10,19-20,23-24,30H,5-6,11-18H2,1H3/t19-,20+,23+/m0/s1. The fraction of sp³-hybridized carbons (Fsp3) is 0.536. The molecule has 1 amide bonds. The third-order valence-corrected chi connectivity index (χ3v) is 7.74. The first-order valence-corrected chi connectivity index (χ1v) is 12.5. The molecule has 1 N–H and O–H groups in total. The summed E-state index contributed by atoms with van der Waals surface area (Å²) in [7, 11) is 0. The Balaban J connectivity index is 1.18. The van der Waals surface area contributed by atoms with Gasteiger partial charge in [0.25, 0.3) is 5.91 Å². The molecular weight excluding hydrogens is 414 g/mol. The Morgan fingerprint density at radius 1 is 1.03 bits per heavy atom. The minimum Gasteiger partial charge on any atom is -0.486 e. The number of ether oxygens (including phenoxy) is 2. The van der Waals surface area contributed by atoms with Crippen LogP contribution in [0.1, 0.15) is 78.8 Å². The van der Waals surface area contributed by atoms with Crippen molar-refractivity contribution in [3.8, 4) is 11.5 Å². The maximum Gasteiger partial charge on any atom is 0.253 e. The SMILES string of the molecule is C[C@@H](C[C@H]1CC[C@@H](c2ccc(C(=O)N3CCC(O)CC3)cc2)C1)c1cccc2c1OCCO2. The van der Waals surface area contributed by atoms with Crippen molar-refractivity contribution in [2.45, 2.75) is 63.4 Å². The summed E-state index contributed by atoms with van der Waals surface area (Å²) >= 11 is 0. The van der Waals surface area contributed by atoms with Gasteiger partial charge in [-0.15, -0.1) is 0 Å². The second-order valence-corrected chi connectivity index (χ2v) is 10.0. The van der Waals surface area contributed by atoms with Crippen LogP contribution >= 0.6 is 0 Å². The maximum absolute atomic E-state index is 12.8. The minimum absolute atomic E-state index is 0.0870. The molecule has 5 rings (SSSR count). The predicted octanol–water partition coefficient (Wildman–Crippen LogP) is 5.13. The Kier molecular flexibility index (Phi) is 6.59. The molecule has 176 valence electrons. The van der Waals surface area contributed by atoms with Crippen molar-refractivity contribution in [1.82, 2.24) is 4.90 Å². The van der Waals surface area contributed by atoms with Gasteiger partial charge in [-0.05, 0) is 80.0 Å². The third-order valence-electron chi connectivity index (χ3n) is 7.74. The number of nitrogens with zero attached hydrogens (tertiary/aromatic N) is 1. The minimum atomic E-state index is -0.261. The molecule has 3 atom stereocenters. The summed E-state index contributed by atoms with van der Waals surface area (Å²) in [5.74, 6) is 3.61. The van der Waals surface area contributed by atoms with Crippen molar-refractivity contribution in [3.63, 3.8) is 0 Å². The highest BCUT2D eigenvalue weighted by Crippen LogP contribution is 2.45. The van der Waals surface area contributed by atoms with Gasteiger partial charge >= 0.3 is 0 Å². The number of benzene rings is 2. The average Bonchev–Trinajstić information content (AvgIpc) is 3.32. The fourth-order valence-electron chi connectivity index (χ4n) is 5.85. The highest BCUT2D eigenvalue weighted by molar-refractivity contribution is 5.94. The van der Waals surface area contributed by atoms with Crippen LogP contribution in [-0.4, -0.2) is 48.3 Å². The summed E-state index contributed by atoms with van der Waals surface area (Å²) < 4.78 is 11.7. The molecule has 2 aliphatic heterocycles. The highest BCUT2D eigenvalue weighted by atomic mass is 16.6. The van der Waals surface area contributed by atoms with Crippen LogP contribution in [0.2, 0.25) is 0 Å². The lowest BCUT2D eigenvalue weighted by molar-refractivity contribution is 0.0546. The lowest BCUT2D eigenvalue weighted by Crippen LogP contribution is -2.40. The number of aliphatic hydroxyl groups excluding tert-OH is 1. The second-order valence-electron chi connectivity index (χ2n) is 10.0. The van der Waals surface area contributed by atoms with E-state index in [1.807, 2.05) is 23.1 Å². The molecule has 0 aromatic heterocycles. The van der Waals surface area contributed by atoms with Gasteiger partial charge < -0.3 is 19.5 Å². The molecule has 2 aromatic carbocycles. The molecule has 0 radical (unpaired) electrons. The van der Waals surface area contributed by atoms with Gasteiger partial charge in [0.2, 0.25) is 0 Å². The number of amides is 1. The van der Waals surface area contributed by atoms with Crippen molar-refractivity contribution >= 4 is 5.91 Å². The van der Waals surface area contributed by atoms with Gasteiger partial charge in [-0.3, -0.25) is 4.79 Å². The summed E-state index contributed by atoms with van der Waals surface area (Å²) in [6, 6.07) is 14.6. The summed E-state index contributed by atoms with van der Waals surface area (Å²) in [5, 5.41) is 9.68. The van der Waals surface area contributed by atoms with Gasteiger partial charge in [0, 0.05) is 24.2 Å². The molecule has 5 heteroatoms. The van der Waals surface area contributed by atoms with E-state index in [1.165, 1.54) is 30.4 Å². The Bertz CT molecular complexity index is 964. The molecule has 0 spiro atoms. The second kappa shape index (κ2) is 9.76. The Labute approximate surface area is 196 Å². The molecule has 0 bridgehead atoms. The van der Waals surface area contributed by atoms with E-state index in [1.54, 1.807) is 0 Å². The zero-order valence-corrected chi connectivity index (χ0v) is 19.5. The Morgan fingerprint density at radius 3 is 2.58 bits per heavy atom. The molecule has 2 fully saturated rings. The van der Waals surface area contributed by atoms with Crippen molar-refractivity contribution in [1.29, 1.82) is 0 Å². The fourth-order valence-corrected chi connectivity index (χ4v) is 5.85. The zero-order valence-electron chi connectivity index (χ0n) is 19.5. The van der Waals surface area contributed by atoms with Crippen molar-refractivity contribution in [2.24, 2.45) is 5.92 Å². The monoisotopic (exact) mass is 449 g/mol. The van der Waals surface area contributed by atoms with E-state index >= 15 is 0 Å². The van der Waals surface area contributed by atoms with Crippen molar-refractivity contribution < 1.29 is 19.4 Å². The number of hydrogen-bond acceptors (Lipinski definition) is 4. The molecule has 2 heterocycles. The topological polar surface area (TPSA) is 59.0 Å². The van der Waals surface area contributed by atoms with Crippen molar-refractivity contribution in [2.75, 3.05) is 26.3 Å². The van der Waals surface area contributed by atoms with E-state index in [9.17, 15) is 9.90 Å². The van der Waals surface area contributed by atoms with E-state index in [-0.39, 0.29) is 12.0 Å². The smallest absolute Gasteiger partial charge is 0.253 e. The number of piperidine rings is 1. The molecule has 5 nitrogen and oxygen atoms in total. The molecule has 3 aliphatic rings. The summed E-state index contributed by atoms with van der Waals surface area (Å²) in [5.41, 5.74) is 3.38. The number of para-hydroxylation sites is 1. The van der Waals surface area contributed by atoms with Gasteiger partial charge in [0.1, 0.15) is 13.2 Å². The molecule has 2 aromatic rings. The van der Waals surface area contributed by atoms with Crippen LogP contribution < -0.4 is 9.47 Å². The van der Waals surface area contributed by atoms with Gasteiger partial charge in [-0.1, -0.05) is 31.2 Å². The summed E-state index contributed by atoms with van der Waals surface area (Å²) in [4.78, 5) is 14.6. The number of hydrogen-bond donors (Lipinski definition) is 1. The van der Waals surface area contributed by atoms with Gasteiger partial charge in [0.05, 0.1) is 6.10 Å². The predicted molar refractivity (Wildman–Crippen MR) is 128 cm³/mol. The van der Waals surface area contributed by atoms with E-state index in [2.05, 4.69) is 31.2 Å². The van der Waals surface area contributed by atoms with E-state index in [4.69, 9.17) is 9.47 Å². The maximum atomic E-state index is 12.8. The number of carbonyl (C=O) groups excluding carboxylic acids is 1. The van der Waals surface area contributed by atoms with E-state index in [0.29, 0.717) is 56.9 Å². The lowest BCUT2D eigenvalue weighted by atomic mass is 9.87. The number of rotatable bonds is 5. The van der Waals surface area contributed by atoms with E-state index in [0.717, 1.165) is 23.5 Å². The summed E-state index contributed by atoms with van der Waals surface area (Å²) in [6.45, 7) is 4.85. The number of aliphatic hydroxyl groups is 1. The van der Waals surface area contributed by atoms with Crippen LogP contribution in [0.4, 0.5) is 0 Å². The first-order valence-electron chi connectivity index (χ1n) is 12.5. The largest absolute Gasteiger partial charge is 0.486 e. The number of carbonyl (C=O) groups is 1. The van der Waals surface area contributed by atoms with Crippen LogP contribution in [0, 0.1) is 5.92 Å². The highest BCUT2D eigenvalue weighted by Gasteiger charge is 2.29. The van der Waals surface area contributed by atoms with Crippen LogP contribution in [0.25, 0.3) is 0 Å². The third kappa shape index (κ3) is 4.89. The summed E-state index contributed by atoms with van der Waals surface area (Å²) in [6.07, 6.45) is 5.91. The number of fused-ring (bicyclic) bond motifs is 1. The Morgan fingerprint density at radius 2 is 1.79 bits per heavy atom. The average molecular weight is 450 g/mol. The van der Waals surface area contributed by atoms with Crippen LogP contribution in [-0.2, 0) is 0 Å². The lowest BCUT2D eigenvalue weighted by Gasteiger charge is -2.29. The van der Waals surface area contributed by atoms with Crippen LogP contribution in [0.3, 0.4) is 0 Å². The molecule has 0 unspecified atom stereocenters. The van der Waals surface area contributed by atoms with Crippen LogP contribution in [0.15, 0.2) is 42.5 Å². The molecule has 1 saturated carbocycles. The van der Waals surface area contributed by atoms with Gasteiger partial charge in [-0.2, -0.15) is 0 Å². The normalized spacial score (nSPS) is 24.0. The zero-order chi connectivity index (χ0) is 22.8. The molecular formula is C28H35NO4. The molecule has 33 heavy (non-hydrogen) atoms. The van der Waals surface area contributed by atoms with Crippen molar-refractivity contribution in [3.05, 3.63) is 59.2 Å². The first kappa shape index (κ1) is 22.3. The first-order chi connectivity index (χ1) is 16.1. The molecule has 1 aliphatic carbocycles. The molecule has 1 saturated heterocycles. The quantitative estimate of drug-likeness (QED) is 0.687. The van der Waals surface area contributed by atoms with Crippen LogP contribution in [0.5, 0.6) is 11.5 Å². The van der Waals surface area contributed by atoms with Gasteiger partial charge in [0.15, 0.2) is 11.5 Å². The van der Waals surface area contributed by atoms with E-state index < -0.39 is 0 Å². The Hall–Kier alpha value is -2.53. The van der Waals surface area contributed by atoms with Gasteiger partial charge in [-0.25, -0.2) is 0 Å². The number of likely N-dealkylation sites (tertiary alicyclic amines) is 1.